The Morgan fingerprint density at radius 1 is 1.47 bits per heavy atom. The molecule has 2 nitrogen and oxygen atoms in total. The Balaban J connectivity index is 2.27. The quantitative estimate of drug-likeness (QED) is 0.768. The van der Waals surface area contributed by atoms with Gasteiger partial charge in [-0.2, -0.15) is 0 Å². The van der Waals surface area contributed by atoms with Crippen LogP contribution < -0.4 is 10.1 Å². The Morgan fingerprint density at radius 2 is 2.27 bits per heavy atom. The molecule has 0 saturated carbocycles. The molecule has 0 radical (unpaired) electrons. The number of alkyl halides is 1. The number of benzene rings is 1. The smallest absolute Gasteiger partial charge is 0.125 e. The Kier molecular flexibility index (Phi) is 2.55. The van der Waals surface area contributed by atoms with Crippen LogP contribution in [0.15, 0.2) is 18.2 Å². The molecule has 0 saturated heterocycles. The highest BCUT2D eigenvalue weighted by Gasteiger charge is 2.26. The van der Waals surface area contributed by atoms with Gasteiger partial charge in [0.25, 0.3) is 0 Å². The van der Waals surface area contributed by atoms with Crippen molar-refractivity contribution >= 4 is 5.69 Å². The molecule has 0 bridgehead atoms. The van der Waals surface area contributed by atoms with E-state index in [0.717, 1.165) is 23.4 Å². The van der Waals surface area contributed by atoms with Gasteiger partial charge in [-0.15, -0.1) is 0 Å². The molecule has 0 spiro atoms. The van der Waals surface area contributed by atoms with Crippen molar-refractivity contribution in [2.45, 2.75) is 25.4 Å². The number of ether oxygens (including phenoxy) is 1. The summed E-state index contributed by atoms with van der Waals surface area (Å²) in [5, 5.41) is 3.14. The van der Waals surface area contributed by atoms with Crippen LogP contribution in [0.4, 0.5) is 10.1 Å². The van der Waals surface area contributed by atoms with Gasteiger partial charge in [0.05, 0.1) is 7.11 Å². The molecule has 0 aromatic heterocycles. The molecule has 0 amide bonds. The van der Waals surface area contributed by atoms with E-state index in [-0.39, 0.29) is 0 Å². The van der Waals surface area contributed by atoms with E-state index in [4.69, 9.17) is 4.74 Å². The van der Waals surface area contributed by atoms with Crippen LogP contribution in [0.25, 0.3) is 0 Å². The lowest BCUT2D eigenvalue weighted by Gasteiger charge is -2.17. The van der Waals surface area contributed by atoms with Crippen LogP contribution in [0.3, 0.4) is 0 Å². The van der Waals surface area contributed by atoms with Gasteiger partial charge in [0.1, 0.15) is 11.4 Å². The maximum Gasteiger partial charge on any atom is 0.125 e. The molecule has 0 aliphatic carbocycles. The van der Waals surface area contributed by atoms with Crippen molar-refractivity contribution < 1.29 is 9.13 Å². The summed E-state index contributed by atoms with van der Waals surface area (Å²) >= 11 is 0. The lowest BCUT2D eigenvalue weighted by Crippen LogP contribution is -2.26. The molecule has 1 aromatic carbocycles. The van der Waals surface area contributed by atoms with Gasteiger partial charge in [0, 0.05) is 18.3 Å². The molecule has 1 heterocycles. The zero-order valence-electron chi connectivity index (χ0n) is 9.14. The minimum atomic E-state index is -1.12. The highest BCUT2D eigenvalue weighted by atomic mass is 19.1. The van der Waals surface area contributed by atoms with Crippen molar-refractivity contribution in [1.82, 2.24) is 0 Å². The number of fused-ring (bicyclic) bond motifs is 1. The number of anilines is 1. The second kappa shape index (κ2) is 3.72. The fourth-order valence-corrected chi connectivity index (χ4v) is 1.83. The first-order valence-electron chi connectivity index (χ1n) is 5.20. The van der Waals surface area contributed by atoms with Gasteiger partial charge in [-0.1, -0.05) is 6.07 Å². The highest BCUT2D eigenvalue weighted by Crippen LogP contribution is 2.30. The van der Waals surface area contributed by atoms with Crippen molar-refractivity contribution in [3.63, 3.8) is 0 Å². The summed E-state index contributed by atoms with van der Waals surface area (Å²) in [5.41, 5.74) is 1.04. The second-order valence-corrected chi connectivity index (χ2v) is 4.29. The van der Waals surface area contributed by atoms with Crippen molar-refractivity contribution in [1.29, 1.82) is 0 Å². The van der Waals surface area contributed by atoms with E-state index in [2.05, 4.69) is 5.32 Å². The van der Waals surface area contributed by atoms with Crippen LogP contribution >= 0.6 is 0 Å². The zero-order chi connectivity index (χ0) is 10.9. The number of aryl methyl sites for hydroxylation is 1. The average molecular weight is 209 g/mol. The summed E-state index contributed by atoms with van der Waals surface area (Å²) in [5.74, 6) is 0.809. The van der Waals surface area contributed by atoms with Gasteiger partial charge in [-0.3, -0.25) is 0 Å². The van der Waals surface area contributed by atoms with Gasteiger partial charge in [0.15, 0.2) is 0 Å². The van der Waals surface area contributed by atoms with Crippen LogP contribution in [-0.4, -0.2) is 19.3 Å². The molecule has 82 valence electrons. The molecule has 15 heavy (non-hydrogen) atoms. The fourth-order valence-electron chi connectivity index (χ4n) is 1.83. The van der Waals surface area contributed by atoms with E-state index in [1.165, 1.54) is 0 Å². The summed E-state index contributed by atoms with van der Waals surface area (Å²) in [7, 11) is 1.64. The predicted molar refractivity (Wildman–Crippen MR) is 59.3 cm³/mol. The number of hydrogen-bond donors (Lipinski definition) is 1. The van der Waals surface area contributed by atoms with Crippen LogP contribution in [0.2, 0.25) is 0 Å². The number of nitrogens with one attached hydrogen (secondary N) is 1. The highest BCUT2D eigenvalue weighted by molar-refractivity contribution is 5.56. The topological polar surface area (TPSA) is 21.3 Å². The summed E-state index contributed by atoms with van der Waals surface area (Å²) in [6, 6.07) is 5.85. The van der Waals surface area contributed by atoms with Gasteiger partial charge in [0.2, 0.25) is 0 Å². The van der Waals surface area contributed by atoms with E-state index >= 15 is 0 Å². The van der Waals surface area contributed by atoms with E-state index in [9.17, 15) is 4.39 Å². The van der Waals surface area contributed by atoms with E-state index in [0.29, 0.717) is 13.0 Å². The van der Waals surface area contributed by atoms with Crippen molar-refractivity contribution in [3.05, 3.63) is 23.8 Å². The van der Waals surface area contributed by atoms with E-state index in [1.54, 1.807) is 14.0 Å². The van der Waals surface area contributed by atoms with Crippen molar-refractivity contribution in [2.75, 3.05) is 19.0 Å². The molecule has 1 atom stereocenters. The van der Waals surface area contributed by atoms with Gasteiger partial charge >= 0.3 is 0 Å². The number of rotatable bonds is 1. The molecule has 1 unspecified atom stereocenters. The Morgan fingerprint density at radius 3 is 3.00 bits per heavy atom. The third kappa shape index (κ3) is 2.22. The van der Waals surface area contributed by atoms with Crippen molar-refractivity contribution in [3.8, 4) is 5.75 Å². The molecule has 1 aromatic rings. The monoisotopic (exact) mass is 209 g/mol. The minimum Gasteiger partial charge on any atom is -0.497 e. The Bertz CT molecular complexity index is 363. The SMILES string of the molecule is COc1ccc2c(c1)NCC(C)(F)CC2. The largest absolute Gasteiger partial charge is 0.497 e. The van der Waals surface area contributed by atoms with Gasteiger partial charge in [-0.05, 0) is 31.4 Å². The fraction of sp³-hybridized carbons (Fsp3) is 0.500. The first kappa shape index (κ1) is 10.3. The first-order valence-corrected chi connectivity index (χ1v) is 5.20. The number of halogens is 1. The van der Waals surface area contributed by atoms with Crippen LogP contribution in [0.1, 0.15) is 18.9 Å². The number of hydrogen-bond acceptors (Lipinski definition) is 2. The van der Waals surface area contributed by atoms with Crippen LogP contribution in [0.5, 0.6) is 5.75 Å². The molecule has 1 aliphatic heterocycles. The summed E-state index contributed by atoms with van der Waals surface area (Å²) in [6.45, 7) is 2.01. The Labute approximate surface area is 89.4 Å². The third-order valence-corrected chi connectivity index (χ3v) is 2.88. The molecule has 1 N–H and O–H groups in total. The summed E-state index contributed by atoms with van der Waals surface area (Å²) in [6.07, 6.45) is 1.35. The Hall–Kier alpha value is -1.25. The standard InChI is InChI=1S/C12H16FNO/c1-12(13)6-5-9-3-4-10(15-2)7-11(9)14-8-12/h3-4,7,14H,5-6,8H2,1-2H3. The lowest BCUT2D eigenvalue weighted by atomic mass is 10.0. The third-order valence-electron chi connectivity index (χ3n) is 2.88. The maximum atomic E-state index is 13.8. The van der Waals surface area contributed by atoms with E-state index < -0.39 is 5.67 Å². The van der Waals surface area contributed by atoms with Crippen LogP contribution in [0, 0.1) is 0 Å². The molecular formula is C12H16FNO. The normalized spacial score (nSPS) is 25.0. The summed E-state index contributed by atoms with van der Waals surface area (Å²) in [4.78, 5) is 0. The lowest BCUT2D eigenvalue weighted by molar-refractivity contribution is 0.195. The van der Waals surface area contributed by atoms with Gasteiger partial charge in [-0.25, -0.2) is 4.39 Å². The van der Waals surface area contributed by atoms with Gasteiger partial charge < -0.3 is 10.1 Å². The summed E-state index contributed by atoms with van der Waals surface area (Å²) < 4.78 is 18.9. The van der Waals surface area contributed by atoms with Crippen molar-refractivity contribution in [2.24, 2.45) is 0 Å². The molecular weight excluding hydrogens is 193 g/mol. The second-order valence-electron chi connectivity index (χ2n) is 4.29. The predicted octanol–water partition coefficient (Wildman–Crippen LogP) is 2.78. The molecule has 0 fully saturated rings. The zero-order valence-corrected chi connectivity index (χ0v) is 9.14. The van der Waals surface area contributed by atoms with E-state index in [1.807, 2.05) is 18.2 Å². The number of methoxy groups -OCH3 is 1. The van der Waals surface area contributed by atoms with Crippen LogP contribution in [-0.2, 0) is 6.42 Å². The first-order chi connectivity index (χ1) is 7.11. The minimum absolute atomic E-state index is 0.368. The maximum absolute atomic E-state index is 13.8. The average Bonchev–Trinajstić information content (AvgIpc) is 2.38. The molecule has 2 rings (SSSR count). The molecule has 1 aliphatic rings. The molecule has 3 heteroatoms.